The Kier molecular flexibility index (Phi) is 4.36. The summed E-state index contributed by atoms with van der Waals surface area (Å²) in [5.41, 5.74) is 3.81. The van der Waals surface area contributed by atoms with Gasteiger partial charge in [0.1, 0.15) is 5.76 Å². The van der Waals surface area contributed by atoms with Crippen molar-refractivity contribution in [1.29, 1.82) is 0 Å². The molecular weight excluding hydrogens is 316 g/mol. The highest BCUT2D eigenvalue weighted by Gasteiger charge is 2.31. The minimum Gasteiger partial charge on any atom is -0.484 e. The van der Waals surface area contributed by atoms with Gasteiger partial charge in [0.25, 0.3) is 0 Å². The van der Waals surface area contributed by atoms with Gasteiger partial charge in [0.05, 0.1) is 0 Å². The van der Waals surface area contributed by atoms with E-state index in [1.807, 2.05) is 26.0 Å². The lowest BCUT2D eigenvalue weighted by atomic mass is 9.89. The van der Waals surface area contributed by atoms with Crippen LogP contribution in [-0.2, 0) is 9.53 Å². The highest BCUT2D eigenvalue weighted by Crippen LogP contribution is 2.30. The molecule has 0 saturated heterocycles. The Morgan fingerprint density at radius 2 is 1.56 bits per heavy atom. The fourth-order valence-electron chi connectivity index (χ4n) is 2.80. The molecule has 0 aromatic heterocycles. The fourth-order valence-corrected chi connectivity index (χ4v) is 2.80. The van der Waals surface area contributed by atoms with Crippen molar-refractivity contribution in [2.24, 2.45) is 0 Å². The van der Waals surface area contributed by atoms with Crippen molar-refractivity contribution in [3.63, 3.8) is 0 Å². The standard InChI is InChI=1S/C21H18O4/c1-12-8-9-15(10-13(12)2)18(22)11-25-21-14(3)19(23)20(24)16-6-4-5-7-17(16)21/h4-10H,11H2,1-3H3. The molecule has 0 N–H and O–H groups in total. The van der Waals surface area contributed by atoms with E-state index in [2.05, 4.69) is 0 Å². The first-order valence-electron chi connectivity index (χ1n) is 8.02. The zero-order valence-electron chi connectivity index (χ0n) is 14.4. The third kappa shape index (κ3) is 3.03. The van der Waals surface area contributed by atoms with Gasteiger partial charge in [-0.05, 0) is 38.0 Å². The third-order valence-electron chi connectivity index (χ3n) is 4.48. The second kappa shape index (κ2) is 6.48. The Morgan fingerprint density at radius 3 is 2.24 bits per heavy atom. The molecule has 0 atom stereocenters. The van der Waals surface area contributed by atoms with Gasteiger partial charge < -0.3 is 4.74 Å². The summed E-state index contributed by atoms with van der Waals surface area (Å²) >= 11 is 0. The van der Waals surface area contributed by atoms with Crippen molar-refractivity contribution < 1.29 is 19.1 Å². The third-order valence-corrected chi connectivity index (χ3v) is 4.48. The molecule has 0 spiro atoms. The first kappa shape index (κ1) is 16.8. The lowest BCUT2D eigenvalue weighted by Gasteiger charge is -2.20. The number of rotatable bonds is 4. The first-order valence-corrected chi connectivity index (χ1v) is 8.02. The molecule has 0 fully saturated rings. The fraction of sp³-hybridized carbons (Fsp3) is 0.190. The molecule has 0 aliphatic heterocycles. The lowest BCUT2D eigenvalue weighted by Crippen LogP contribution is -2.24. The van der Waals surface area contributed by atoms with Crippen molar-refractivity contribution in [2.75, 3.05) is 6.61 Å². The van der Waals surface area contributed by atoms with Gasteiger partial charge in [0.15, 0.2) is 12.4 Å². The van der Waals surface area contributed by atoms with E-state index in [-0.39, 0.29) is 18.0 Å². The number of hydrogen-bond donors (Lipinski definition) is 0. The van der Waals surface area contributed by atoms with E-state index in [1.54, 1.807) is 37.3 Å². The Balaban J connectivity index is 1.87. The van der Waals surface area contributed by atoms with Crippen LogP contribution in [0.5, 0.6) is 0 Å². The highest BCUT2D eigenvalue weighted by atomic mass is 16.5. The van der Waals surface area contributed by atoms with Gasteiger partial charge in [0, 0.05) is 22.3 Å². The molecule has 0 amide bonds. The van der Waals surface area contributed by atoms with Gasteiger partial charge in [-0.15, -0.1) is 0 Å². The molecular formula is C21H18O4. The molecule has 0 unspecified atom stereocenters. The van der Waals surface area contributed by atoms with E-state index < -0.39 is 11.6 Å². The Hall–Kier alpha value is -3.01. The predicted molar refractivity (Wildman–Crippen MR) is 94.6 cm³/mol. The number of Topliss-reactive ketones (excluding diaryl/α,β-unsaturated/α-hetero) is 3. The Morgan fingerprint density at radius 1 is 0.880 bits per heavy atom. The van der Waals surface area contributed by atoms with Gasteiger partial charge in [-0.25, -0.2) is 0 Å². The lowest BCUT2D eigenvalue weighted by molar-refractivity contribution is -0.111. The van der Waals surface area contributed by atoms with Gasteiger partial charge in [-0.2, -0.15) is 0 Å². The number of fused-ring (bicyclic) bond motifs is 1. The first-order chi connectivity index (χ1) is 11.9. The molecule has 0 heterocycles. The molecule has 1 aliphatic carbocycles. The molecule has 0 bridgehead atoms. The van der Waals surface area contributed by atoms with Gasteiger partial charge in [-0.3, -0.25) is 14.4 Å². The summed E-state index contributed by atoms with van der Waals surface area (Å²) in [6.45, 7) is 5.29. The topological polar surface area (TPSA) is 60.4 Å². The molecule has 2 aromatic carbocycles. The number of benzene rings is 2. The smallest absolute Gasteiger partial charge is 0.234 e. The van der Waals surface area contributed by atoms with E-state index in [9.17, 15) is 14.4 Å². The zero-order valence-corrected chi connectivity index (χ0v) is 14.4. The monoisotopic (exact) mass is 334 g/mol. The molecule has 0 saturated carbocycles. The van der Waals surface area contributed by atoms with Gasteiger partial charge >= 0.3 is 0 Å². The van der Waals surface area contributed by atoms with E-state index in [0.717, 1.165) is 11.1 Å². The number of carbonyl (C=O) groups excluding carboxylic acids is 3. The molecule has 0 radical (unpaired) electrons. The Bertz CT molecular complexity index is 935. The number of carbonyl (C=O) groups is 3. The van der Waals surface area contributed by atoms with Crippen LogP contribution in [0.25, 0.3) is 5.76 Å². The SMILES string of the molecule is CC1=C(OCC(=O)c2ccc(C)c(C)c2)c2ccccc2C(=O)C1=O. The van der Waals surface area contributed by atoms with E-state index >= 15 is 0 Å². The summed E-state index contributed by atoms with van der Waals surface area (Å²) in [5, 5.41) is 0. The summed E-state index contributed by atoms with van der Waals surface area (Å²) in [5.74, 6) is -1.00. The average Bonchev–Trinajstić information content (AvgIpc) is 2.62. The van der Waals surface area contributed by atoms with Crippen LogP contribution in [-0.4, -0.2) is 24.0 Å². The molecule has 4 heteroatoms. The van der Waals surface area contributed by atoms with Crippen molar-refractivity contribution in [3.05, 3.63) is 75.9 Å². The molecule has 2 aromatic rings. The second-order valence-corrected chi connectivity index (χ2v) is 6.17. The van der Waals surface area contributed by atoms with Crippen LogP contribution in [0.4, 0.5) is 0 Å². The number of allylic oxidation sites excluding steroid dienone is 1. The van der Waals surface area contributed by atoms with Crippen molar-refractivity contribution in [1.82, 2.24) is 0 Å². The molecule has 4 nitrogen and oxygen atoms in total. The largest absolute Gasteiger partial charge is 0.484 e. The van der Waals surface area contributed by atoms with Gasteiger partial charge in [0.2, 0.25) is 11.6 Å². The van der Waals surface area contributed by atoms with Crippen LogP contribution < -0.4 is 0 Å². The van der Waals surface area contributed by atoms with Crippen LogP contribution in [0, 0.1) is 13.8 Å². The van der Waals surface area contributed by atoms with Crippen LogP contribution in [0.1, 0.15) is 44.3 Å². The predicted octanol–water partition coefficient (Wildman–Crippen LogP) is 3.70. The summed E-state index contributed by atoms with van der Waals surface area (Å²) < 4.78 is 5.68. The van der Waals surface area contributed by atoms with E-state index in [0.29, 0.717) is 22.4 Å². The number of ketones is 3. The summed E-state index contributed by atoms with van der Waals surface area (Å²) in [6, 6.07) is 12.3. The van der Waals surface area contributed by atoms with Crippen molar-refractivity contribution in [3.8, 4) is 0 Å². The van der Waals surface area contributed by atoms with Crippen LogP contribution in [0.2, 0.25) is 0 Å². The number of aryl methyl sites for hydroxylation is 2. The molecule has 3 rings (SSSR count). The van der Waals surface area contributed by atoms with Crippen LogP contribution in [0.3, 0.4) is 0 Å². The molecule has 1 aliphatic rings. The summed E-state index contributed by atoms with van der Waals surface area (Å²) in [6.07, 6.45) is 0. The van der Waals surface area contributed by atoms with Crippen molar-refractivity contribution >= 4 is 23.1 Å². The second-order valence-electron chi connectivity index (χ2n) is 6.17. The maximum Gasteiger partial charge on any atom is 0.234 e. The summed E-state index contributed by atoms with van der Waals surface area (Å²) in [4.78, 5) is 36.6. The van der Waals surface area contributed by atoms with Crippen molar-refractivity contribution in [2.45, 2.75) is 20.8 Å². The minimum absolute atomic E-state index is 0.176. The normalized spacial score (nSPS) is 13.7. The average molecular weight is 334 g/mol. The Labute approximate surface area is 146 Å². The highest BCUT2D eigenvalue weighted by molar-refractivity contribution is 6.52. The molecule has 126 valence electrons. The minimum atomic E-state index is -0.590. The van der Waals surface area contributed by atoms with Crippen LogP contribution >= 0.6 is 0 Å². The quantitative estimate of drug-likeness (QED) is 0.632. The number of hydrogen-bond acceptors (Lipinski definition) is 4. The zero-order chi connectivity index (χ0) is 18.1. The summed E-state index contributed by atoms with van der Waals surface area (Å²) in [7, 11) is 0. The van der Waals surface area contributed by atoms with E-state index in [1.165, 1.54) is 0 Å². The van der Waals surface area contributed by atoms with Crippen LogP contribution in [0.15, 0.2) is 48.0 Å². The number of ether oxygens (including phenoxy) is 1. The maximum atomic E-state index is 12.4. The van der Waals surface area contributed by atoms with Gasteiger partial charge in [-0.1, -0.05) is 36.4 Å². The van der Waals surface area contributed by atoms with E-state index in [4.69, 9.17) is 4.74 Å². The molecule has 25 heavy (non-hydrogen) atoms. The maximum absolute atomic E-state index is 12.4.